The molecule has 0 saturated carbocycles. The highest BCUT2D eigenvalue weighted by molar-refractivity contribution is 7.15. The van der Waals surface area contributed by atoms with E-state index in [1.54, 1.807) is 6.08 Å². The van der Waals surface area contributed by atoms with Crippen LogP contribution in [-0.2, 0) is 0 Å². The van der Waals surface area contributed by atoms with Crippen molar-refractivity contribution in [3.8, 4) is 22.9 Å². The molecule has 6 nitrogen and oxygen atoms in total. The van der Waals surface area contributed by atoms with Gasteiger partial charge in [0.25, 0.3) is 5.56 Å². The van der Waals surface area contributed by atoms with Crippen LogP contribution in [0.15, 0.2) is 66.0 Å². The van der Waals surface area contributed by atoms with E-state index in [1.165, 1.54) is 15.9 Å². The minimum Gasteiger partial charge on any atom is -0.494 e. The van der Waals surface area contributed by atoms with Crippen LogP contribution in [-0.4, -0.2) is 27.8 Å². The van der Waals surface area contributed by atoms with Gasteiger partial charge in [-0.1, -0.05) is 49.5 Å². The molecule has 0 atom stereocenters. The molecule has 0 bridgehead atoms. The minimum absolute atomic E-state index is 0.176. The highest BCUT2D eigenvalue weighted by atomic mass is 32.1. The van der Waals surface area contributed by atoms with Crippen molar-refractivity contribution in [2.45, 2.75) is 19.8 Å². The largest absolute Gasteiger partial charge is 0.494 e. The molecule has 0 saturated heterocycles. The summed E-state index contributed by atoms with van der Waals surface area (Å²) in [6.07, 6.45) is 5.66. The Morgan fingerprint density at radius 3 is 2.45 bits per heavy atom. The Bertz CT molecular complexity index is 1270. The first kappa shape index (κ1) is 20.8. The van der Waals surface area contributed by atoms with Gasteiger partial charge >= 0.3 is 0 Å². The van der Waals surface area contributed by atoms with Crippen molar-refractivity contribution < 1.29 is 9.47 Å². The average Bonchev–Trinajstić information content (AvgIpc) is 3.33. The van der Waals surface area contributed by atoms with Crippen molar-refractivity contribution in [1.29, 1.82) is 0 Å². The smallest absolute Gasteiger partial charge is 0.291 e. The number of fused-ring (bicyclic) bond motifs is 1. The summed E-state index contributed by atoms with van der Waals surface area (Å²) in [5, 5.41) is 4.41. The number of rotatable bonds is 9. The Hall–Kier alpha value is -3.45. The molecule has 0 aliphatic rings. The minimum atomic E-state index is -0.176. The third-order valence-electron chi connectivity index (χ3n) is 4.61. The number of thiazole rings is 1. The molecule has 4 rings (SSSR count). The number of aromatic nitrogens is 3. The Balaban J connectivity index is 1.55. The lowest BCUT2D eigenvalue weighted by Gasteiger charge is -2.05. The maximum absolute atomic E-state index is 12.8. The third-order valence-corrected chi connectivity index (χ3v) is 5.57. The maximum atomic E-state index is 12.8. The Morgan fingerprint density at radius 2 is 1.77 bits per heavy atom. The molecule has 2 aromatic carbocycles. The highest BCUT2D eigenvalue weighted by Gasteiger charge is 2.12. The van der Waals surface area contributed by atoms with Crippen LogP contribution in [0.5, 0.6) is 11.5 Å². The van der Waals surface area contributed by atoms with Crippen LogP contribution in [0.25, 0.3) is 22.4 Å². The van der Waals surface area contributed by atoms with Crippen molar-refractivity contribution in [2.24, 2.45) is 0 Å². The van der Waals surface area contributed by atoms with Crippen molar-refractivity contribution in [3.05, 3.63) is 81.6 Å². The predicted octanol–water partition coefficient (Wildman–Crippen LogP) is 4.11. The van der Waals surface area contributed by atoms with Gasteiger partial charge in [0.05, 0.1) is 11.1 Å². The predicted molar refractivity (Wildman–Crippen MR) is 124 cm³/mol. The number of unbranched alkanes of at least 4 members (excludes halogenated alkanes) is 1. The van der Waals surface area contributed by atoms with Gasteiger partial charge in [0, 0.05) is 5.56 Å². The molecule has 0 aliphatic carbocycles. The molecular weight excluding hydrogens is 410 g/mol. The fourth-order valence-corrected chi connectivity index (χ4v) is 3.87. The molecular formula is C24H23N3O3S. The first-order valence-electron chi connectivity index (χ1n) is 10.2. The molecule has 0 spiro atoms. The second-order valence-corrected chi connectivity index (χ2v) is 7.95. The number of benzene rings is 2. The van der Waals surface area contributed by atoms with E-state index in [-0.39, 0.29) is 5.56 Å². The molecule has 0 unspecified atom stereocenters. The lowest BCUT2D eigenvalue weighted by Crippen LogP contribution is -2.23. The maximum Gasteiger partial charge on any atom is 0.291 e. The normalized spacial score (nSPS) is 11.7. The van der Waals surface area contributed by atoms with Gasteiger partial charge in [0.1, 0.15) is 18.1 Å². The fraction of sp³-hybridized carbons (Fsp3) is 0.208. The molecule has 2 heterocycles. The van der Waals surface area contributed by atoms with E-state index in [9.17, 15) is 4.79 Å². The lowest BCUT2D eigenvalue weighted by atomic mass is 10.2. The second kappa shape index (κ2) is 9.57. The van der Waals surface area contributed by atoms with Gasteiger partial charge in [-0.2, -0.15) is 9.50 Å². The van der Waals surface area contributed by atoms with Gasteiger partial charge in [0.15, 0.2) is 5.82 Å². The van der Waals surface area contributed by atoms with E-state index in [1.807, 2.05) is 54.6 Å². The summed E-state index contributed by atoms with van der Waals surface area (Å²) >= 11 is 1.32. The fourth-order valence-electron chi connectivity index (χ4n) is 2.96. The zero-order valence-corrected chi connectivity index (χ0v) is 18.1. The van der Waals surface area contributed by atoms with Gasteiger partial charge in [-0.05, 0) is 54.5 Å². The van der Waals surface area contributed by atoms with E-state index in [0.29, 0.717) is 28.5 Å². The van der Waals surface area contributed by atoms with Gasteiger partial charge in [-0.3, -0.25) is 4.79 Å². The molecule has 0 aliphatic heterocycles. The van der Waals surface area contributed by atoms with E-state index in [4.69, 9.17) is 9.47 Å². The number of nitrogens with zero attached hydrogens (tertiary/aromatic N) is 3. The van der Waals surface area contributed by atoms with Crippen molar-refractivity contribution >= 4 is 22.4 Å². The molecule has 31 heavy (non-hydrogen) atoms. The summed E-state index contributed by atoms with van der Waals surface area (Å²) in [6.45, 7) is 6.93. The second-order valence-electron chi connectivity index (χ2n) is 6.94. The summed E-state index contributed by atoms with van der Waals surface area (Å²) < 4.78 is 13.1. The molecule has 0 amide bonds. The molecule has 0 radical (unpaired) electrons. The quantitative estimate of drug-likeness (QED) is 0.294. The van der Waals surface area contributed by atoms with Gasteiger partial charge in [-0.25, -0.2) is 0 Å². The zero-order valence-electron chi connectivity index (χ0n) is 17.3. The first-order valence-corrected chi connectivity index (χ1v) is 11.0. The molecule has 158 valence electrons. The van der Waals surface area contributed by atoms with Crippen LogP contribution in [0, 0.1) is 0 Å². The summed E-state index contributed by atoms with van der Waals surface area (Å²) in [5.41, 5.74) is 1.58. The van der Waals surface area contributed by atoms with E-state index < -0.39 is 0 Å². The molecule has 0 N–H and O–H groups in total. The van der Waals surface area contributed by atoms with E-state index in [2.05, 4.69) is 23.6 Å². The summed E-state index contributed by atoms with van der Waals surface area (Å²) in [4.78, 5) is 17.9. The van der Waals surface area contributed by atoms with Gasteiger partial charge in [0.2, 0.25) is 4.96 Å². The van der Waals surface area contributed by atoms with Crippen molar-refractivity contribution in [3.63, 3.8) is 0 Å². The van der Waals surface area contributed by atoms with Crippen molar-refractivity contribution in [2.75, 3.05) is 13.2 Å². The monoisotopic (exact) mass is 433 g/mol. The number of hydrogen-bond donors (Lipinski definition) is 0. The topological polar surface area (TPSA) is 65.7 Å². The summed E-state index contributed by atoms with van der Waals surface area (Å²) in [6, 6.07) is 15.2. The summed E-state index contributed by atoms with van der Waals surface area (Å²) in [7, 11) is 0. The van der Waals surface area contributed by atoms with Gasteiger partial charge in [-0.15, -0.1) is 5.10 Å². The standard InChI is InChI=1S/C24H23N3O3S/c1-3-5-15-30-20-12-8-18(9-13-20)22-25-24-27(26-22)23(28)21(31-24)16-17-6-10-19(11-7-17)29-14-4-2/h4,6-13,16H,2-3,5,14-15H2,1H3/b21-16-. The average molecular weight is 434 g/mol. The molecule has 4 aromatic rings. The number of ether oxygens (including phenoxy) is 2. The first-order chi connectivity index (χ1) is 15.2. The lowest BCUT2D eigenvalue weighted by molar-refractivity contribution is 0.309. The Kier molecular flexibility index (Phi) is 6.43. The van der Waals surface area contributed by atoms with Crippen LogP contribution in [0.3, 0.4) is 0 Å². The molecule has 0 fully saturated rings. The van der Waals surface area contributed by atoms with Crippen LogP contribution in [0.4, 0.5) is 0 Å². The van der Waals surface area contributed by atoms with Crippen LogP contribution >= 0.6 is 11.3 Å². The van der Waals surface area contributed by atoms with E-state index in [0.717, 1.165) is 35.5 Å². The summed E-state index contributed by atoms with van der Waals surface area (Å²) in [5.74, 6) is 2.10. The van der Waals surface area contributed by atoms with E-state index >= 15 is 0 Å². The van der Waals surface area contributed by atoms with Crippen molar-refractivity contribution in [1.82, 2.24) is 14.6 Å². The van der Waals surface area contributed by atoms with Gasteiger partial charge < -0.3 is 9.47 Å². The molecule has 7 heteroatoms. The van der Waals surface area contributed by atoms with Crippen LogP contribution < -0.4 is 19.6 Å². The highest BCUT2D eigenvalue weighted by Crippen LogP contribution is 2.21. The zero-order chi connectivity index (χ0) is 21.6. The van der Waals surface area contributed by atoms with Crippen LogP contribution in [0.1, 0.15) is 25.3 Å². The Morgan fingerprint density at radius 1 is 1.06 bits per heavy atom. The molecule has 2 aromatic heterocycles. The number of hydrogen-bond acceptors (Lipinski definition) is 6. The Labute approximate surface area is 184 Å². The third kappa shape index (κ3) is 4.83. The van der Waals surface area contributed by atoms with Crippen LogP contribution in [0.2, 0.25) is 0 Å². The SMILES string of the molecule is C=CCOc1ccc(/C=c2\sc3nc(-c4ccc(OCCCC)cc4)nn3c2=O)cc1.